The van der Waals surface area contributed by atoms with Gasteiger partial charge in [0.1, 0.15) is 0 Å². The van der Waals surface area contributed by atoms with Crippen LogP contribution < -0.4 is 0 Å². The predicted molar refractivity (Wildman–Crippen MR) is 108 cm³/mol. The number of fused-ring (bicyclic) bond motifs is 2. The molecule has 0 fully saturated rings. The van der Waals surface area contributed by atoms with Gasteiger partial charge in [-0.05, 0) is 44.8 Å². The van der Waals surface area contributed by atoms with Crippen LogP contribution in [0.1, 0.15) is 17.0 Å². The quantitative estimate of drug-likeness (QED) is 0.376. The molecular formula is C21H16N2S2. The highest BCUT2D eigenvalue weighted by Crippen LogP contribution is 2.40. The highest BCUT2D eigenvalue weighted by atomic mass is 32.1. The van der Waals surface area contributed by atoms with Gasteiger partial charge in [-0.15, -0.1) is 22.7 Å². The number of thiophene rings is 2. The van der Waals surface area contributed by atoms with Crippen molar-refractivity contribution in [2.24, 2.45) is 0 Å². The molecule has 0 N–H and O–H groups in total. The van der Waals surface area contributed by atoms with Gasteiger partial charge >= 0.3 is 0 Å². The van der Waals surface area contributed by atoms with Crippen LogP contribution in [0.15, 0.2) is 78.0 Å². The van der Waals surface area contributed by atoms with E-state index in [2.05, 4.69) is 75.0 Å². The third kappa shape index (κ3) is 2.58. The van der Waals surface area contributed by atoms with Crippen molar-refractivity contribution in [2.45, 2.75) is 12.5 Å². The molecule has 3 heterocycles. The van der Waals surface area contributed by atoms with Crippen LogP contribution in [-0.4, -0.2) is 9.55 Å². The molecule has 0 radical (unpaired) electrons. The Balaban J connectivity index is 1.71. The molecule has 4 heteroatoms. The first-order valence-electron chi connectivity index (χ1n) is 8.28. The summed E-state index contributed by atoms with van der Waals surface area (Å²) in [6.45, 7) is 0.904. The number of hydrogen-bond donors (Lipinski definition) is 0. The van der Waals surface area contributed by atoms with E-state index < -0.39 is 0 Å². The van der Waals surface area contributed by atoms with Crippen molar-refractivity contribution in [1.82, 2.24) is 9.55 Å². The summed E-state index contributed by atoms with van der Waals surface area (Å²) in [6, 6.07) is 17.4. The van der Waals surface area contributed by atoms with Gasteiger partial charge in [0, 0.05) is 34.3 Å². The summed E-state index contributed by atoms with van der Waals surface area (Å²) in [4.78, 5) is 4.23. The molecule has 0 saturated heterocycles. The van der Waals surface area contributed by atoms with E-state index in [1.807, 2.05) is 35.2 Å². The molecule has 3 aromatic heterocycles. The van der Waals surface area contributed by atoms with Crippen LogP contribution in [0.25, 0.3) is 20.2 Å². The van der Waals surface area contributed by atoms with E-state index in [1.54, 1.807) is 0 Å². The van der Waals surface area contributed by atoms with Crippen LogP contribution in [0, 0.1) is 0 Å². The average Bonchev–Trinajstić information content (AvgIpc) is 3.39. The summed E-state index contributed by atoms with van der Waals surface area (Å²) in [5.74, 6) is 0.321. The molecule has 0 aliphatic carbocycles. The molecule has 5 aromatic rings. The molecule has 0 bridgehead atoms. The second-order valence-electron chi connectivity index (χ2n) is 6.19. The number of benzene rings is 2. The lowest BCUT2D eigenvalue weighted by atomic mass is 9.90. The molecule has 122 valence electrons. The minimum absolute atomic E-state index is 0.321. The van der Waals surface area contributed by atoms with Crippen LogP contribution >= 0.6 is 22.7 Å². The van der Waals surface area contributed by atoms with Gasteiger partial charge in [0.05, 0.1) is 6.33 Å². The van der Waals surface area contributed by atoms with E-state index in [-0.39, 0.29) is 0 Å². The minimum Gasteiger partial charge on any atom is -0.337 e. The number of rotatable bonds is 4. The van der Waals surface area contributed by atoms with Gasteiger partial charge in [0.15, 0.2) is 0 Å². The van der Waals surface area contributed by atoms with Gasteiger partial charge in [-0.1, -0.05) is 36.4 Å². The highest BCUT2D eigenvalue weighted by molar-refractivity contribution is 7.17. The van der Waals surface area contributed by atoms with E-state index in [1.165, 1.54) is 31.3 Å². The molecule has 0 amide bonds. The fraction of sp³-hybridized carbons (Fsp3) is 0.0952. The molecule has 2 nitrogen and oxygen atoms in total. The maximum Gasteiger partial charge on any atom is 0.0946 e. The predicted octanol–water partition coefficient (Wildman–Crippen LogP) is 6.14. The third-order valence-electron chi connectivity index (χ3n) is 4.73. The zero-order valence-electron chi connectivity index (χ0n) is 13.5. The topological polar surface area (TPSA) is 17.8 Å². The number of aromatic nitrogens is 2. The van der Waals surface area contributed by atoms with Crippen molar-refractivity contribution in [3.8, 4) is 0 Å². The summed E-state index contributed by atoms with van der Waals surface area (Å²) in [5.41, 5.74) is 2.83. The van der Waals surface area contributed by atoms with Crippen molar-refractivity contribution in [3.63, 3.8) is 0 Å². The summed E-state index contributed by atoms with van der Waals surface area (Å²) >= 11 is 3.67. The van der Waals surface area contributed by atoms with Crippen LogP contribution in [0.4, 0.5) is 0 Å². The van der Waals surface area contributed by atoms with Gasteiger partial charge in [-0.2, -0.15) is 0 Å². The van der Waals surface area contributed by atoms with Crippen molar-refractivity contribution in [1.29, 1.82) is 0 Å². The molecule has 0 aliphatic heterocycles. The second kappa shape index (κ2) is 6.14. The molecule has 0 atom stereocenters. The van der Waals surface area contributed by atoms with Crippen molar-refractivity contribution in [3.05, 3.63) is 89.1 Å². The largest absolute Gasteiger partial charge is 0.337 e. The first-order valence-corrected chi connectivity index (χ1v) is 10.0. The van der Waals surface area contributed by atoms with Gasteiger partial charge in [-0.25, -0.2) is 4.98 Å². The molecule has 0 spiro atoms. The van der Waals surface area contributed by atoms with Gasteiger partial charge < -0.3 is 4.57 Å². The first-order chi connectivity index (χ1) is 12.4. The Morgan fingerprint density at radius 2 is 1.44 bits per heavy atom. The standard InChI is InChI=1S/C21H16N2S2/c1-3-7-20-15(5-1)18(12-24-20)17(11-23-10-9-22-14-23)19-13-25-21-8-4-2-6-16(19)21/h1-10,12-14,17H,11H2. The van der Waals surface area contributed by atoms with Gasteiger partial charge in [0.25, 0.3) is 0 Å². The van der Waals surface area contributed by atoms with Crippen LogP contribution in [0.3, 0.4) is 0 Å². The van der Waals surface area contributed by atoms with E-state index in [0.29, 0.717) is 5.92 Å². The molecular weight excluding hydrogens is 344 g/mol. The average molecular weight is 361 g/mol. The maximum absolute atomic E-state index is 4.23. The van der Waals surface area contributed by atoms with Crippen LogP contribution in [0.5, 0.6) is 0 Å². The molecule has 0 aliphatic rings. The summed E-state index contributed by atoms with van der Waals surface area (Å²) in [5, 5.41) is 7.40. The van der Waals surface area contributed by atoms with E-state index >= 15 is 0 Å². The number of imidazole rings is 1. The number of hydrogen-bond acceptors (Lipinski definition) is 3. The third-order valence-corrected chi connectivity index (χ3v) is 6.69. The SMILES string of the molecule is c1ccc2c(C(Cn3ccnc3)c3csc4ccccc34)csc2c1. The Hall–Kier alpha value is -2.43. The Morgan fingerprint density at radius 1 is 0.840 bits per heavy atom. The van der Waals surface area contributed by atoms with Gasteiger partial charge in [0.2, 0.25) is 0 Å². The Labute approximate surface area is 154 Å². The molecule has 0 unspecified atom stereocenters. The summed E-state index contributed by atoms with van der Waals surface area (Å²) < 4.78 is 4.89. The highest BCUT2D eigenvalue weighted by Gasteiger charge is 2.21. The first kappa shape index (κ1) is 14.9. The second-order valence-corrected chi connectivity index (χ2v) is 8.01. The lowest BCUT2D eigenvalue weighted by Gasteiger charge is -2.17. The van der Waals surface area contributed by atoms with Crippen LogP contribution in [-0.2, 0) is 6.54 Å². The normalized spacial score (nSPS) is 11.7. The Morgan fingerprint density at radius 3 is 2.00 bits per heavy atom. The lowest BCUT2D eigenvalue weighted by Crippen LogP contribution is -2.09. The molecule has 0 saturated carbocycles. The minimum atomic E-state index is 0.321. The lowest BCUT2D eigenvalue weighted by molar-refractivity contribution is 0.631. The zero-order chi connectivity index (χ0) is 16.6. The van der Waals surface area contributed by atoms with Crippen LogP contribution in [0.2, 0.25) is 0 Å². The van der Waals surface area contributed by atoms with Crippen molar-refractivity contribution >= 4 is 42.8 Å². The van der Waals surface area contributed by atoms with E-state index in [0.717, 1.165) is 6.54 Å². The Bertz CT molecular complexity index is 1060. The van der Waals surface area contributed by atoms with Gasteiger partial charge in [-0.3, -0.25) is 0 Å². The smallest absolute Gasteiger partial charge is 0.0946 e. The summed E-state index contributed by atoms with van der Waals surface area (Å²) in [6.07, 6.45) is 5.82. The molecule has 25 heavy (non-hydrogen) atoms. The van der Waals surface area contributed by atoms with Crippen molar-refractivity contribution in [2.75, 3.05) is 0 Å². The molecule has 5 rings (SSSR count). The fourth-order valence-corrected chi connectivity index (χ4v) is 5.54. The monoisotopic (exact) mass is 360 g/mol. The Kier molecular flexibility index (Phi) is 3.65. The fourth-order valence-electron chi connectivity index (χ4n) is 3.51. The molecule has 2 aromatic carbocycles. The van der Waals surface area contributed by atoms with E-state index in [9.17, 15) is 0 Å². The summed E-state index contributed by atoms with van der Waals surface area (Å²) in [7, 11) is 0. The van der Waals surface area contributed by atoms with Crippen molar-refractivity contribution < 1.29 is 0 Å². The number of nitrogens with zero attached hydrogens (tertiary/aromatic N) is 2. The van der Waals surface area contributed by atoms with E-state index in [4.69, 9.17) is 0 Å². The zero-order valence-corrected chi connectivity index (χ0v) is 15.1. The maximum atomic E-state index is 4.23.